The molecule has 0 saturated heterocycles. The molecule has 4 heteroatoms. The molecule has 3 N–H and O–H groups in total. The lowest BCUT2D eigenvalue weighted by Gasteiger charge is -2.26. The third-order valence-electron chi connectivity index (χ3n) is 6.35. The summed E-state index contributed by atoms with van der Waals surface area (Å²) in [6.07, 6.45) is 8.15. The summed E-state index contributed by atoms with van der Waals surface area (Å²) in [6, 6.07) is 12.1. The van der Waals surface area contributed by atoms with Crippen molar-refractivity contribution in [2.45, 2.75) is 57.3 Å². The van der Waals surface area contributed by atoms with E-state index in [1.54, 1.807) is 6.07 Å². The van der Waals surface area contributed by atoms with Crippen LogP contribution < -0.4 is 10.5 Å². The van der Waals surface area contributed by atoms with Gasteiger partial charge in [0, 0.05) is 6.61 Å². The van der Waals surface area contributed by atoms with Crippen molar-refractivity contribution >= 4 is 0 Å². The van der Waals surface area contributed by atoms with Gasteiger partial charge in [-0.3, -0.25) is 0 Å². The molecule has 29 heavy (non-hydrogen) atoms. The van der Waals surface area contributed by atoms with Crippen LogP contribution in [-0.2, 0) is 19.3 Å². The SMILES string of the molecule is COc1c(F)cccc1CC[C@@H]1CCc2cc([C@H](CN)CCCCO)ccc2C1. The van der Waals surface area contributed by atoms with E-state index in [2.05, 4.69) is 18.2 Å². The Bertz CT molecular complexity index is 792. The van der Waals surface area contributed by atoms with Crippen LogP contribution in [0.2, 0.25) is 0 Å². The second-order valence-electron chi connectivity index (χ2n) is 8.26. The molecule has 0 unspecified atom stereocenters. The highest BCUT2D eigenvalue weighted by molar-refractivity contribution is 5.37. The fourth-order valence-corrected chi connectivity index (χ4v) is 4.61. The number of rotatable bonds is 10. The Morgan fingerprint density at radius 1 is 1.21 bits per heavy atom. The topological polar surface area (TPSA) is 55.5 Å². The molecule has 1 aliphatic rings. The average Bonchev–Trinajstić information content (AvgIpc) is 2.75. The average molecular weight is 400 g/mol. The number of para-hydroxylation sites is 1. The number of hydrogen-bond acceptors (Lipinski definition) is 3. The van der Waals surface area contributed by atoms with Crippen molar-refractivity contribution in [1.29, 1.82) is 0 Å². The minimum absolute atomic E-state index is 0.254. The van der Waals surface area contributed by atoms with Gasteiger partial charge < -0.3 is 15.6 Å². The van der Waals surface area contributed by atoms with Gasteiger partial charge in [0.2, 0.25) is 0 Å². The number of benzene rings is 2. The molecular formula is C25H34FNO2. The molecule has 0 radical (unpaired) electrons. The van der Waals surface area contributed by atoms with Crippen molar-refractivity contribution in [3.8, 4) is 5.75 Å². The van der Waals surface area contributed by atoms with Gasteiger partial charge in [-0.2, -0.15) is 0 Å². The van der Waals surface area contributed by atoms with Crippen molar-refractivity contribution in [3.63, 3.8) is 0 Å². The summed E-state index contributed by atoms with van der Waals surface area (Å²) in [7, 11) is 1.54. The highest BCUT2D eigenvalue weighted by Gasteiger charge is 2.21. The maximum Gasteiger partial charge on any atom is 0.165 e. The Kier molecular flexibility index (Phi) is 8.08. The van der Waals surface area contributed by atoms with Gasteiger partial charge in [0.15, 0.2) is 11.6 Å². The largest absolute Gasteiger partial charge is 0.493 e. The molecule has 2 aromatic rings. The number of hydrogen-bond donors (Lipinski definition) is 2. The van der Waals surface area contributed by atoms with Gasteiger partial charge in [0.1, 0.15) is 0 Å². The highest BCUT2D eigenvalue weighted by atomic mass is 19.1. The van der Waals surface area contributed by atoms with Crippen LogP contribution in [0.3, 0.4) is 0 Å². The molecule has 2 atom stereocenters. The molecule has 0 bridgehead atoms. The summed E-state index contributed by atoms with van der Waals surface area (Å²) in [5.41, 5.74) is 11.2. The maximum atomic E-state index is 13.9. The van der Waals surface area contributed by atoms with Crippen molar-refractivity contribution in [1.82, 2.24) is 0 Å². The summed E-state index contributed by atoms with van der Waals surface area (Å²) in [5, 5.41) is 9.01. The monoisotopic (exact) mass is 399 g/mol. The third-order valence-corrected chi connectivity index (χ3v) is 6.35. The zero-order valence-corrected chi connectivity index (χ0v) is 17.5. The van der Waals surface area contributed by atoms with Crippen molar-refractivity contribution < 1.29 is 14.2 Å². The minimum atomic E-state index is -0.278. The zero-order valence-electron chi connectivity index (χ0n) is 17.5. The number of fused-ring (bicyclic) bond motifs is 1. The van der Waals surface area contributed by atoms with Gasteiger partial charge in [-0.25, -0.2) is 4.39 Å². The molecule has 1 aliphatic carbocycles. The lowest BCUT2D eigenvalue weighted by Crippen LogP contribution is -2.17. The number of unbranched alkanes of at least 4 members (excludes halogenated alkanes) is 1. The van der Waals surface area contributed by atoms with Crippen molar-refractivity contribution in [2.75, 3.05) is 20.3 Å². The molecule has 0 spiro atoms. The fraction of sp³-hybridized carbons (Fsp3) is 0.520. The lowest BCUT2D eigenvalue weighted by molar-refractivity contribution is 0.281. The molecule has 0 saturated carbocycles. The molecule has 0 fully saturated rings. The van der Waals surface area contributed by atoms with Crippen LogP contribution in [0.5, 0.6) is 5.75 Å². The van der Waals surface area contributed by atoms with Gasteiger partial charge in [-0.15, -0.1) is 0 Å². The number of aliphatic hydroxyl groups is 1. The van der Waals surface area contributed by atoms with E-state index >= 15 is 0 Å². The van der Waals surface area contributed by atoms with Gasteiger partial charge in [-0.1, -0.05) is 36.8 Å². The van der Waals surface area contributed by atoms with E-state index in [0.29, 0.717) is 24.1 Å². The van der Waals surface area contributed by atoms with Crippen LogP contribution in [0.25, 0.3) is 0 Å². The third kappa shape index (κ3) is 5.58. The molecule has 0 amide bonds. The van der Waals surface area contributed by atoms with Crippen LogP contribution in [0.15, 0.2) is 36.4 Å². The maximum absolute atomic E-state index is 13.9. The second kappa shape index (κ2) is 10.7. The summed E-state index contributed by atoms with van der Waals surface area (Å²) in [5.74, 6) is 1.11. The standard InChI is InChI=1S/C25H34FNO2/c1-29-25-19(6-4-7-24(25)26)10-8-18-9-11-21-16-22(13-12-20(21)15-18)23(17-27)5-2-3-14-28/h4,6-7,12-13,16,18,23,28H,2-3,5,8-11,14-15,17,27H2,1H3/t18-,23+/m1/s1. The minimum Gasteiger partial charge on any atom is -0.493 e. The van der Waals surface area contributed by atoms with Crippen LogP contribution in [0.1, 0.15) is 60.3 Å². The van der Waals surface area contributed by atoms with Gasteiger partial charge >= 0.3 is 0 Å². The van der Waals surface area contributed by atoms with Gasteiger partial charge in [-0.05, 0) is 91.6 Å². The Morgan fingerprint density at radius 2 is 2.07 bits per heavy atom. The van der Waals surface area contributed by atoms with E-state index in [1.807, 2.05) is 6.07 Å². The Balaban J connectivity index is 1.61. The predicted molar refractivity (Wildman–Crippen MR) is 116 cm³/mol. The lowest BCUT2D eigenvalue weighted by atomic mass is 9.79. The molecule has 3 nitrogen and oxygen atoms in total. The van der Waals surface area contributed by atoms with Crippen LogP contribution in [0.4, 0.5) is 4.39 Å². The summed E-state index contributed by atoms with van der Waals surface area (Å²) in [4.78, 5) is 0. The van der Waals surface area contributed by atoms with Crippen molar-refractivity contribution in [3.05, 3.63) is 64.5 Å². The second-order valence-corrected chi connectivity index (χ2v) is 8.26. The summed E-state index contributed by atoms with van der Waals surface area (Å²) in [6.45, 7) is 0.909. The van der Waals surface area contributed by atoms with Crippen molar-refractivity contribution in [2.24, 2.45) is 11.7 Å². The van der Waals surface area contributed by atoms with E-state index in [-0.39, 0.29) is 12.4 Å². The Labute approximate surface area is 174 Å². The highest BCUT2D eigenvalue weighted by Crippen LogP contribution is 2.33. The molecule has 0 aromatic heterocycles. The number of methoxy groups -OCH3 is 1. The molecule has 2 aromatic carbocycles. The van der Waals surface area contributed by atoms with Crippen LogP contribution in [-0.4, -0.2) is 25.4 Å². The first-order valence-electron chi connectivity index (χ1n) is 10.9. The smallest absolute Gasteiger partial charge is 0.165 e. The van der Waals surface area contributed by atoms with Crippen LogP contribution >= 0.6 is 0 Å². The predicted octanol–water partition coefficient (Wildman–Crippen LogP) is 4.78. The van der Waals surface area contributed by atoms with Crippen LogP contribution in [0, 0.1) is 11.7 Å². The molecule has 158 valence electrons. The number of aliphatic hydroxyl groups excluding tert-OH is 1. The Morgan fingerprint density at radius 3 is 2.83 bits per heavy atom. The summed E-state index contributed by atoms with van der Waals surface area (Å²) < 4.78 is 19.2. The van der Waals surface area contributed by atoms with Gasteiger partial charge in [0.05, 0.1) is 7.11 Å². The number of halogens is 1. The molecule has 0 heterocycles. The first-order valence-corrected chi connectivity index (χ1v) is 10.9. The zero-order chi connectivity index (χ0) is 20.6. The van der Waals surface area contributed by atoms with E-state index in [4.69, 9.17) is 15.6 Å². The fourth-order valence-electron chi connectivity index (χ4n) is 4.61. The molecule has 3 rings (SSSR count). The number of ether oxygens (including phenoxy) is 1. The van der Waals surface area contributed by atoms with E-state index in [1.165, 1.54) is 36.3 Å². The van der Waals surface area contributed by atoms with E-state index < -0.39 is 0 Å². The normalized spacial score (nSPS) is 17.0. The molecular weight excluding hydrogens is 365 g/mol. The Hall–Kier alpha value is -1.91. The number of aryl methyl sites for hydroxylation is 2. The first kappa shape index (κ1) is 21.8. The first-order chi connectivity index (χ1) is 14.2. The van der Waals surface area contributed by atoms with E-state index in [0.717, 1.165) is 50.5 Å². The van der Waals surface area contributed by atoms with Gasteiger partial charge in [0.25, 0.3) is 0 Å². The van der Waals surface area contributed by atoms with E-state index in [9.17, 15) is 4.39 Å². The number of nitrogens with two attached hydrogens (primary N) is 1. The summed E-state index contributed by atoms with van der Waals surface area (Å²) >= 11 is 0. The quantitative estimate of drug-likeness (QED) is 0.566. The molecule has 0 aliphatic heterocycles.